The number of rotatable bonds is 2. The molecule has 18 heavy (non-hydrogen) atoms. The van der Waals surface area contributed by atoms with Crippen LogP contribution in [0.2, 0.25) is 5.02 Å². The first-order valence-corrected chi connectivity index (χ1v) is 6.33. The van der Waals surface area contributed by atoms with Crippen molar-refractivity contribution in [2.24, 2.45) is 0 Å². The second-order valence-corrected chi connectivity index (χ2v) is 5.14. The third-order valence-corrected chi connectivity index (χ3v) is 3.62. The van der Waals surface area contributed by atoms with Crippen LogP contribution in [0.25, 0.3) is 10.6 Å². The van der Waals surface area contributed by atoms with Crippen molar-refractivity contribution in [2.75, 3.05) is 12.8 Å². The van der Waals surface area contributed by atoms with Crippen molar-refractivity contribution in [1.82, 2.24) is 4.98 Å². The number of halogens is 1. The van der Waals surface area contributed by atoms with Crippen molar-refractivity contribution in [3.05, 3.63) is 34.5 Å². The number of anilines is 1. The number of esters is 1. The van der Waals surface area contributed by atoms with Crippen molar-refractivity contribution in [2.45, 2.75) is 6.92 Å². The van der Waals surface area contributed by atoms with E-state index in [1.54, 1.807) is 0 Å². The highest BCUT2D eigenvalue weighted by molar-refractivity contribution is 7.19. The van der Waals surface area contributed by atoms with Gasteiger partial charge in [0, 0.05) is 5.56 Å². The Labute approximate surface area is 113 Å². The number of nitrogen functional groups attached to an aromatic ring is 1. The van der Waals surface area contributed by atoms with Crippen molar-refractivity contribution >= 4 is 33.9 Å². The van der Waals surface area contributed by atoms with E-state index in [2.05, 4.69) is 9.72 Å². The molecule has 0 aliphatic heterocycles. The van der Waals surface area contributed by atoms with E-state index in [1.165, 1.54) is 18.4 Å². The van der Waals surface area contributed by atoms with E-state index < -0.39 is 5.97 Å². The Kier molecular flexibility index (Phi) is 3.54. The van der Waals surface area contributed by atoms with Gasteiger partial charge in [-0.25, -0.2) is 9.78 Å². The number of carbonyl (C=O) groups is 1. The van der Waals surface area contributed by atoms with Crippen LogP contribution in [-0.4, -0.2) is 18.1 Å². The van der Waals surface area contributed by atoms with Gasteiger partial charge in [0.05, 0.1) is 12.1 Å². The molecule has 0 saturated carbocycles. The number of aryl methyl sites for hydroxylation is 1. The van der Waals surface area contributed by atoms with Gasteiger partial charge in [-0.15, -0.1) is 0 Å². The Balaban J connectivity index is 2.49. The molecule has 1 aromatic heterocycles. The third-order valence-electron chi connectivity index (χ3n) is 2.39. The van der Waals surface area contributed by atoms with E-state index in [0.29, 0.717) is 15.0 Å². The van der Waals surface area contributed by atoms with E-state index in [0.717, 1.165) is 11.1 Å². The van der Waals surface area contributed by atoms with Crippen LogP contribution in [-0.2, 0) is 4.74 Å². The number of hydrogen-bond donors (Lipinski definition) is 1. The predicted octanol–water partition coefficient (Wildman–Crippen LogP) is 3.14. The summed E-state index contributed by atoms with van der Waals surface area (Å²) in [6.45, 7) is 1.95. The lowest BCUT2D eigenvalue weighted by Crippen LogP contribution is -2.04. The van der Waals surface area contributed by atoms with Crippen LogP contribution in [0.3, 0.4) is 0 Å². The minimum atomic E-state index is -0.543. The number of nitrogens with zero attached hydrogens (tertiary/aromatic N) is 1. The molecule has 0 aliphatic carbocycles. The van der Waals surface area contributed by atoms with E-state index in [4.69, 9.17) is 17.3 Å². The van der Waals surface area contributed by atoms with Crippen LogP contribution in [0.15, 0.2) is 18.2 Å². The largest absolute Gasteiger partial charge is 0.464 e. The summed E-state index contributed by atoms with van der Waals surface area (Å²) in [5.74, 6) is -0.543. The Morgan fingerprint density at radius 1 is 1.50 bits per heavy atom. The van der Waals surface area contributed by atoms with Crippen molar-refractivity contribution in [3.63, 3.8) is 0 Å². The zero-order chi connectivity index (χ0) is 13.3. The molecule has 0 unspecified atom stereocenters. The maximum absolute atomic E-state index is 11.4. The number of carbonyl (C=O) groups excluding carboxylic acids is 1. The van der Waals surface area contributed by atoms with Gasteiger partial charge in [-0.2, -0.15) is 0 Å². The normalized spacial score (nSPS) is 10.4. The molecule has 0 amide bonds. The molecule has 0 spiro atoms. The lowest BCUT2D eigenvalue weighted by Gasteiger charge is -2.01. The van der Waals surface area contributed by atoms with Crippen LogP contribution in [0, 0.1) is 6.92 Å². The number of thiazole rings is 1. The third kappa shape index (κ3) is 2.32. The molecular weight excluding hydrogens is 272 g/mol. The van der Waals surface area contributed by atoms with Gasteiger partial charge in [-0.1, -0.05) is 35.1 Å². The standard InChI is InChI=1S/C12H11ClN2O2S/c1-6-3-4-7(8(13)5-6)11-15-9(10(14)18-11)12(16)17-2/h3-5H,14H2,1-2H3. The zero-order valence-electron chi connectivity index (χ0n) is 9.86. The van der Waals surface area contributed by atoms with Crippen LogP contribution in [0.4, 0.5) is 5.00 Å². The van der Waals surface area contributed by atoms with Gasteiger partial charge in [-0.05, 0) is 18.6 Å². The van der Waals surface area contributed by atoms with Crippen LogP contribution in [0.5, 0.6) is 0 Å². The molecule has 4 nitrogen and oxygen atoms in total. The first-order valence-electron chi connectivity index (χ1n) is 5.14. The molecule has 0 atom stereocenters. The molecule has 1 aromatic carbocycles. The fourth-order valence-electron chi connectivity index (χ4n) is 1.48. The Morgan fingerprint density at radius 2 is 2.22 bits per heavy atom. The van der Waals surface area contributed by atoms with Crippen LogP contribution < -0.4 is 5.73 Å². The summed E-state index contributed by atoms with van der Waals surface area (Å²) in [7, 11) is 1.29. The predicted molar refractivity (Wildman–Crippen MR) is 73.0 cm³/mol. The molecule has 94 valence electrons. The number of nitrogens with two attached hydrogens (primary N) is 1. The molecule has 0 radical (unpaired) electrons. The van der Waals surface area contributed by atoms with Gasteiger partial charge in [-0.3, -0.25) is 0 Å². The van der Waals surface area contributed by atoms with Crippen molar-refractivity contribution < 1.29 is 9.53 Å². The molecule has 0 fully saturated rings. The van der Waals surface area contributed by atoms with E-state index in [9.17, 15) is 4.79 Å². The summed E-state index contributed by atoms with van der Waals surface area (Å²) in [4.78, 5) is 15.6. The quantitative estimate of drug-likeness (QED) is 0.860. The molecule has 1 heterocycles. The summed E-state index contributed by atoms with van der Waals surface area (Å²) in [6.07, 6.45) is 0. The monoisotopic (exact) mass is 282 g/mol. The van der Waals surface area contributed by atoms with Gasteiger partial charge in [0.2, 0.25) is 0 Å². The van der Waals surface area contributed by atoms with Gasteiger partial charge < -0.3 is 10.5 Å². The first-order chi connectivity index (χ1) is 8.52. The molecule has 2 rings (SSSR count). The highest BCUT2D eigenvalue weighted by atomic mass is 35.5. The molecule has 0 aliphatic rings. The molecular formula is C12H11ClN2O2S. The highest BCUT2D eigenvalue weighted by Gasteiger charge is 2.18. The molecule has 2 N–H and O–H groups in total. The SMILES string of the molecule is COC(=O)c1nc(-c2ccc(C)cc2Cl)sc1N. The number of hydrogen-bond acceptors (Lipinski definition) is 5. The summed E-state index contributed by atoms with van der Waals surface area (Å²) >= 11 is 7.36. The fourth-order valence-corrected chi connectivity index (χ4v) is 2.72. The minimum Gasteiger partial charge on any atom is -0.464 e. The van der Waals surface area contributed by atoms with Gasteiger partial charge >= 0.3 is 5.97 Å². The second kappa shape index (κ2) is 4.96. The highest BCUT2D eigenvalue weighted by Crippen LogP contribution is 2.34. The van der Waals surface area contributed by atoms with Gasteiger partial charge in [0.1, 0.15) is 10.0 Å². The molecule has 0 saturated heterocycles. The van der Waals surface area contributed by atoms with Gasteiger partial charge in [0.15, 0.2) is 5.69 Å². The topological polar surface area (TPSA) is 65.2 Å². The zero-order valence-corrected chi connectivity index (χ0v) is 11.4. The molecule has 2 aromatic rings. The fraction of sp³-hybridized carbons (Fsp3) is 0.167. The van der Waals surface area contributed by atoms with E-state index >= 15 is 0 Å². The minimum absolute atomic E-state index is 0.133. The second-order valence-electron chi connectivity index (χ2n) is 3.71. The number of ether oxygens (including phenoxy) is 1. The van der Waals surface area contributed by atoms with Gasteiger partial charge in [0.25, 0.3) is 0 Å². The Morgan fingerprint density at radius 3 is 2.83 bits per heavy atom. The van der Waals surface area contributed by atoms with E-state index in [-0.39, 0.29) is 5.69 Å². The van der Waals surface area contributed by atoms with Crippen LogP contribution in [0.1, 0.15) is 16.1 Å². The lowest BCUT2D eigenvalue weighted by molar-refractivity contribution is 0.0596. The van der Waals surface area contributed by atoms with E-state index in [1.807, 2.05) is 25.1 Å². The Bertz CT molecular complexity index is 610. The summed E-state index contributed by atoms with van der Waals surface area (Å²) in [6, 6.07) is 5.62. The maximum atomic E-state index is 11.4. The summed E-state index contributed by atoms with van der Waals surface area (Å²) < 4.78 is 4.61. The summed E-state index contributed by atoms with van der Waals surface area (Å²) in [5.41, 5.74) is 7.70. The van der Waals surface area contributed by atoms with Crippen molar-refractivity contribution in [3.8, 4) is 10.6 Å². The molecule has 6 heteroatoms. The Hall–Kier alpha value is -1.59. The molecule has 0 bridgehead atoms. The lowest BCUT2D eigenvalue weighted by atomic mass is 10.1. The number of methoxy groups -OCH3 is 1. The van der Waals surface area contributed by atoms with Crippen LogP contribution >= 0.6 is 22.9 Å². The number of aromatic nitrogens is 1. The first kappa shape index (κ1) is 12.9. The average Bonchev–Trinajstić information content (AvgIpc) is 2.70. The smallest absolute Gasteiger partial charge is 0.359 e. The number of benzene rings is 1. The maximum Gasteiger partial charge on any atom is 0.359 e. The average molecular weight is 283 g/mol. The van der Waals surface area contributed by atoms with Crippen molar-refractivity contribution in [1.29, 1.82) is 0 Å². The summed E-state index contributed by atoms with van der Waals surface area (Å²) in [5, 5.41) is 1.52.